The number of allylic oxidation sites excluding steroid dienone is 1. The topological polar surface area (TPSA) is 38.7 Å². The molecule has 1 heterocycles. The number of benzene rings is 2. The number of fused-ring (bicyclic) bond motifs is 1. The summed E-state index contributed by atoms with van der Waals surface area (Å²) in [6.07, 6.45) is 1.94. The fourth-order valence-electron chi connectivity index (χ4n) is 2.08. The summed E-state index contributed by atoms with van der Waals surface area (Å²) in [4.78, 5) is 0. The van der Waals surface area contributed by atoms with Crippen molar-refractivity contribution < 1.29 is 14.6 Å². The molecule has 2 aromatic carbocycles. The summed E-state index contributed by atoms with van der Waals surface area (Å²) in [5.74, 6) is 1.46. The van der Waals surface area contributed by atoms with Crippen molar-refractivity contribution in [3.05, 3.63) is 53.6 Å². The van der Waals surface area contributed by atoms with Crippen LogP contribution in [0.15, 0.2) is 42.5 Å². The predicted molar refractivity (Wildman–Crippen MR) is 74.2 cm³/mol. The Kier molecular flexibility index (Phi) is 2.88. The highest BCUT2D eigenvalue weighted by Crippen LogP contribution is 2.38. The van der Waals surface area contributed by atoms with E-state index in [1.165, 1.54) is 0 Å². The van der Waals surface area contributed by atoms with Crippen molar-refractivity contribution in [1.29, 1.82) is 0 Å². The van der Waals surface area contributed by atoms with Gasteiger partial charge < -0.3 is 14.6 Å². The van der Waals surface area contributed by atoms with Crippen molar-refractivity contribution in [2.45, 2.75) is 6.92 Å². The Hall–Kier alpha value is -2.42. The number of hydrogen-bond acceptors (Lipinski definition) is 3. The first-order valence-corrected chi connectivity index (χ1v) is 6.10. The molecule has 1 aliphatic rings. The standard InChI is InChI=1S/C16H14O3/c1-11(12-5-3-2-4-6-12)7-13-8-15-16(9-14(13)17)19-10-18-15/h2-9,17H,10H2,1H3. The maximum absolute atomic E-state index is 9.99. The molecule has 0 spiro atoms. The van der Waals surface area contributed by atoms with Gasteiger partial charge in [-0.05, 0) is 30.2 Å². The molecule has 1 N–H and O–H groups in total. The molecule has 0 saturated heterocycles. The van der Waals surface area contributed by atoms with E-state index in [0.29, 0.717) is 11.5 Å². The SMILES string of the molecule is CC(=Cc1cc2c(cc1O)OCO2)c1ccccc1. The number of hydrogen-bond donors (Lipinski definition) is 1. The fourth-order valence-corrected chi connectivity index (χ4v) is 2.08. The van der Waals surface area contributed by atoms with Crippen LogP contribution < -0.4 is 9.47 Å². The lowest BCUT2D eigenvalue weighted by Crippen LogP contribution is -1.92. The molecule has 1 aliphatic heterocycles. The van der Waals surface area contributed by atoms with Crippen LogP contribution in [0.4, 0.5) is 0 Å². The molecule has 96 valence electrons. The third-order valence-corrected chi connectivity index (χ3v) is 3.12. The number of ether oxygens (including phenoxy) is 2. The highest BCUT2D eigenvalue weighted by Gasteiger charge is 2.16. The second-order valence-electron chi connectivity index (χ2n) is 4.46. The van der Waals surface area contributed by atoms with Crippen LogP contribution in [-0.4, -0.2) is 11.9 Å². The molecule has 0 aliphatic carbocycles. The Labute approximate surface area is 111 Å². The van der Waals surface area contributed by atoms with E-state index in [1.54, 1.807) is 12.1 Å². The Morgan fingerprint density at radius 1 is 1.11 bits per heavy atom. The van der Waals surface area contributed by atoms with E-state index >= 15 is 0 Å². The molecule has 0 amide bonds. The van der Waals surface area contributed by atoms with E-state index in [9.17, 15) is 5.11 Å². The molecule has 0 saturated carbocycles. The van der Waals surface area contributed by atoms with Crippen LogP contribution in [0.5, 0.6) is 17.2 Å². The normalized spacial score (nSPS) is 13.6. The Morgan fingerprint density at radius 2 is 1.79 bits per heavy atom. The van der Waals surface area contributed by atoms with Gasteiger partial charge in [-0.1, -0.05) is 30.3 Å². The van der Waals surface area contributed by atoms with Crippen LogP contribution in [0.3, 0.4) is 0 Å². The summed E-state index contributed by atoms with van der Waals surface area (Å²) < 4.78 is 10.5. The van der Waals surface area contributed by atoms with Gasteiger partial charge in [0.25, 0.3) is 0 Å². The number of phenols is 1. The molecule has 0 unspecified atom stereocenters. The third kappa shape index (κ3) is 2.27. The zero-order chi connectivity index (χ0) is 13.2. The first kappa shape index (κ1) is 11.7. The number of rotatable bonds is 2. The zero-order valence-electron chi connectivity index (χ0n) is 10.6. The Morgan fingerprint density at radius 3 is 2.53 bits per heavy atom. The van der Waals surface area contributed by atoms with Crippen LogP contribution >= 0.6 is 0 Å². The first-order chi connectivity index (χ1) is 9.24. The summed E-state index contributed by atoms with van der Waals surface area (Å²) in [7, 11) is 0. The maximum atomic E-state index is 9.99. The third-order valence-electron chi connectivity index (χ3n) is 3.12. The van der Waals surface area contributed by atoms with Crippen LogP contribution in [0.25, 0.3) is 11.6 Å². The number of phenolic OH excluding ortho intramolecular Hbond substituents is 1. The highest BCUT2D eigenvalue weighted by molar-refractivity contribution is 5.82. The summed E-state index contributed by atoms with van der Waals surface area (Å²) >= 11 is 0. The van der Waals surface area contributed by atoms with Crippen LogP contribution in [0, 0.1) is 0 Å². The van der Waals surface area contributed by atoms with Crippen molar-refractivity contribution in [3.63, 3.8) is 0 Å². The van der Waals surface area contributed by atoms with Gasteiger partial charge in [0.2, 0.25) is 6.79 Å². The van der Waals surface area contributed by atoms with Gasteiger partial charge in [0.15, 0.2) is 11.5 Å². The molecule has 0 radical (unpaired) electrons. The van der Waals surface area contributed by atoms with Gasteiger partial charge in [0, 0.05) is 11.6 Å². The van der Waals surface area contributed by atoms with E-state index in [4.69, 9.17) is 9.47 Å². The summed E-state index contributed by atoms with van der Waals surface area (Å²) in [6.45, 7) is 2.22. The lowest BCUT2D eigenvalue weighted by atomic mass is 10.0. The second kappa shape index (κ2) is 4.69. The average Bonchev–Trinajstić information content (AvgIpc) is 2.87. The van der Waals surface area contributed by atoms with E-state index in [1.807, 2.05) is 43.3 Å². The minimum absolute atomic E-state index is 0.194. The molecule has 3 nitrogen and oxygen atoms in total. The van der Waals surface area contributed by atoms with Crippen molar-refractivity contribution in [2.24, 2.45) is 0 Å². The van der Waals surface area contributed by atoms with Crippen molar-refractivity contribution in [2.75, 3.05) is 6.79 Å². The second-order valence-corrected chi connectivity index (χ2v) is 4.46. The Bertz CT molecular complexity index is 630. The maximum Gasteiger partial charge on any atom is 0.231 e. The van der Waals surface area contributed by atoms with E-state index in [0.717, 1.165) is 16.7 Å². The Balaban J connectivity index is 1.99. The van der Waals surface area contributed by atoms with E-state index in [2.05, 4.69) is 0 Å². The van der Waals surface area contributed by atoms with Gasteiger partial charge in [-0.2, -0.15) is 0 Å². The zero-order valence-corrected chi connectivity index (χ0v) is 10.6. The molecule has 3 rings (SSSR count). The quantitative estimate of drug-likeness (QED) is 0.831. The average molecular weight is 254 g/mol. The summed E-state index contributed by atoms with van der Waals surface area (Å²) in [5.41, 5.74) is 2.93. The molecular weight excluding hydrogens is 240 g/mol. The van der Waals surface area contributed by atoms with Crippen molar-refractivity contribution in [3.8, 4) is 17.2 Å². The van der Waals surface area contributed by atoms with Gasteiger partial charge in [-0.3, -0.25) is 0 Å². The minimum atomic E-state index is 0.194. The molecule has 0 aromatic heterocycles. The highest BCUT2D eigenvalue weighted by atomic mass is 16.7. The van der Waals surface area contributed by atoms with Crippen molar-refractivity contribution >= 4 is 11.6 Å². The molecular formula is C16H14O3. The molecule has 19 heavy (non-hydrogen) atoms. The molecule has 0 fully saturated rings. The van der Waals surface area contributed by atoms with Gasteiger partial charge in [-0.25, -0.2) is 0 Å². The molecule has 0 atom stereocenters. The minimum Gasteiger partial charge on any atom is -0.507 e. The predicted octanol–water partition coefficient (Wildman–Crippen LogP) is 3.68. The van der Waals surface area contributed by atoms with Crippen molar-refractivity contribution in [1.82, 2.24) is 0 Å². The van der Waals surface area contributed by atoms with E-state index in [-0.39, 0.29) is 12.5 Å². The summed E-state index contributed by atoms with van der Waals surface area (Å²) in [5, 5.41) is 9.99. The largest absolute Gasteiger partial charge is 0.507 e. The molecule has 0 bridgehead atoms. The van der Waals surface area contributed by atoms with Gasteiger partial charge >= 0.3 is 0 Å². The smallest absolute Gasteiger partial charge is 0.231 e. The molecule has 3 heteroatoms. The first-order valence-electron chi connectivity index (χ1n) is 6.10. The number of aromatic hydroxyl groups is 1. The fraction of sp³-hybridized carbons (Fsp3) is 0.125. The van der Waals surface area contributed by atoms with Crippen LogP contribution in [0.1, 0.15) is 18.1 Å². The lowest BCUT2D eigenvalue weighted by molar-refractivity contribution is 0.174. The van der Waals surface area contributed by atoms with Gasteiger partial charge in [-0.15, -0.1) is 0 Å². The van der Waals surface area contributed by atoms with Crippen LogP contribution in [0.2, 0.25) is 0 Å². The van der Waals surface area contributed by atoms with Gasteiger partial charge in [0.1, 0.15) is 5.75 Å². The summed E-state index contributed by atoms with van der Waals surface area (Å²) in [6, 6.07) is 13.4. The lowest BCUT2D eigenvalue weighted by Gasteiger charge is -2.05. The molecule has 2 aromatic rings. The van der Waals surface area contributed by atoms with E-state index < -0.39 is 0 Å². The van der Waals surface area contributed by atoms with Crippen LogP contribution in [-0.2, 0) is 0 Å². The monoisotopic (exact) mass is 254 g/mol. The van der Waals surface area contributed by atoms with Gasteiger partial charge in [0.05, 0.1) is 0 Å².